The zero-order chi connectivity index (χ0) is 32.6. The first-order valence-corrected chi connectivity index (χ1v) is 16.8. The molecule has 0 saturated heterocycles. The van der Waals surface area contributed by atoms with Crippen LogP contribution in [-0.2, 0) is 32.6 Å². The molecule has 4 rings (SSSR count). The predicted octanol–water partition coefficient (Wildman–Crippen LogP) is 6.56. The predicted molar refractivity (Wildman–Crippen MR) is 181 cm³/mol. The molecule has 0 unspecified atom stereocenters. The standard InChI is InChI=1S/C36H40ClN3O4S/c1-26(2)23-38-36(42)34(22-29-14-7-5-8-15-29)39(24-30-16-11-13-27(3)21-30)35(41)25-40(33-20-12-19-32(37)28(33)4)45(43,44)31-17-9-6-10-18-31/h5-21,26,34H,22-25H2,1-4H3,(H,38,42)/t34-/m0/s1. The molecule has 2 amide bonds. The number of anilines is 1. The van der Waals surface area contributed by atoms with Crippen molar-refractivity contribution < 1.29 is 18.0 Å². The molecule has 0 aromatic heterocycles. The lowest BCUT2D eigenvalue weighted by Gasteiger charge is -2.34. The fourth-order valence-electron chi connectivity index (χ4n) is 5.08. The van der Waals surface area contributed by atoms with Crippen LogP contribution in [-0.4, -0.2) is 44.3 Å². The van der Waals surface area contributed by atoms with Gasteiger partial charge >= 0.3 is 0 Å². The Morgan fingerprint density at radius 3 is 2.09 bits per heavy atom. The first-order chi connectivity index (χ1) is 21.5. The number of carbonyl (C=O) groups is 2. The largest absolute Gasteiger partial charge is 0.354 e. The summed E-state index contributed by atoms with van der Waals surface area (Å²) >= 11 is 6.45. The van der Waals surface area contributed by atoms with E-state index in [1.54, 1.807) is 43.3 Å². The number of benzene rings is 4. The first kappa shape index (κ1) is 33.7. The summed E-state index contributed by atoms with van der Waals surface area (Å²) in [6, 6.07) is 29.3. The van der Waals surface area contributed by atoms with Crippen molar-refractivity contribution in [2.24, 2.45) is 5.92 Å². The van der Waals surface area contributed by atoms with Gasteiger partial charge < -0.3 is 10.2 Å². The average molecular weight is 646 g/mol. The molecule has 0 spiro atoms. The SMILES string of the molecule is Cc1cccc(CN(C(=O)CN(c2cccc(Cl)c2C)S(=O)(=O)c2ccccc2)[C@@H](Cc2ccccc2)C(=O)NCC(C)C)c1. The Morgan fingerprint density at radius 1 is 0.822 bits per heavy atom. The van der Waals surface area contributed by atoms with Gasteiger partial charge in [-0.15, -0.1) is 0 Å². The van der Waals surface area contributed by atoms with Crippen LogP contribution in [0.25, 0.3) is 0 Å². The third-order valence-electron chi connectivity index (χ3n) is 7.51. The minimum atomic E-state index is -4.20. The number of aryl methyl sites for hydroxylation is 1. The summed E-state index contributed by atoms with van der Waals surface area (Å²) < 4.78 is 29.4. The number of nitrogens with zero attached hydrogens (tertiary/aromatic N) is 2. The number of halogens is 1. The van der Waals surface area contributed by atoms with Gasteiger partial charge in [0.05, 0.1) is 10.6 Å². The van der Waals surface area contributed by atoms with E-state index in [4.69, 9.17) is 11.6 Å². The van der Waals surface area contributed by atoms with E-state index in [9.17, 15) is 18.0 Å². The molecule has 45 heavy (non-hydrogen) atoms. The summed E-state index contributed by atoms with van der Waals surface area (Å²) in [6.45, 7) is 7.70. The molecule has 0 heterocycles. The van der Waals surface area contributed by atoms with E-state index in [-0.39, 0.29) is 29.7 Å². The lowest BCUT2D eigenvalue weighted by atomic mass is 10.0. The zero-order valence-corrected chi connectivity index (χ0v) is 27.7. The molecule has 0 aliphatic rings. The van der Waals surface area contributed by atoms with Crippen LogP contribution in [0.2, 0.25) is 5.02 Å². The monoisotopic (exact) mass is 645 g/mol. The minimum Gasteiger partial charge on any atom is -0.354 e. The van der Waals surface area contributed by atoms with Crippen molar-refractivity contribution in [1.29, 1.82) is 0 Å². The van der Waals surface area contributed by atoms with Gasteiger partial charge in [-0.05, 0) is 60.7 Å². The molecule has 0 saturated carbocycles. The lowest BCUT2D eigenvalue weighted by Crippen LogP contribution is -2.53. The highest BCUT2D eigenvalue weighted by Gasteiger charge is 2.35. The van der Waals surface area contributed by atoms with Gasteiger partial charge in [-0.25, -0.2) is 8.42 Å². The molecule has 7 nitrogen and oxygen atoms in total. The molecular formula is C36H40ClN3O4S. The normalized spacial score (nSPS) is 12.0. The van der Waals surface area contributed by atoms with Crippen molar-refractivity contribution in [2.45, 2.75) is 51.6 Å². The number of nitrogens with one attached hydrogen (secondary N) is 1. The van der Waals surface area contributed by atoms with Crippen molar-refractivity contribution in [3.05, 3.63) is 130 Å². The van der Waals surface area contributed by atoms with Gasteiger partial charge in [-0.2, -0.15) is 0 Å². The highest BCUT2D eigenvalue weighted by Crippen LogP contribution is 2.31. The van der Waals surface area contributed by atoms with Crippen molar-refractivity contribution >= 4 is 39.1 Å². The third-order valence-corrected chi connectivity index (χ3v) is 9.69. The first-order valence-electron chi connectivity index (χ1n) is 15.0. The van der Waals surface area contributed by atoms with Gasteiger partial charge in [0.25, 0.3) is 10.0 Å². The molecule has 0 aliphatic carbocycles. The number of rotatable bonds is 13. The maximum atomic E-state index is 14.6. The molecule has 4 aromatic rings. The van der Waals surface area contributed by atoms with E-state index in [0.717, 1.165) is 21.0 Å². The Hall–Kier alpha value is -4.14. The number of hydrogen-bond donors (Lipinski definition) is 1. The fraction of sp³-hybridized carbons (Fsp3) is 0.278. The maximum Gasteiger partial charge on any atom is 0.264 e. The molecule has 236 valence electrons. The molecule has 9 heteroatoms. The number of hydrogen-bond acceptors (Lipinski definition) is 4. The number of amides is 2. The van der Waals surface area contributed by atoms with Gasteiger partial charge in [0.2, 0.25) is 11.8 Å². The third kappa shape index (κ3) is 8.74. The summed E-state index contributed by atoms with van der Waals surface area (Å²) in [5, 5.41) is 3.39. The molecule has 0 aliphatic heterocycles. The molecule has 1 atom stereocenters. The Labute approximate surface area is 271 Å². The van der Waals surface area contributed by atoms with Crippen LogP contribution < -0.4 is 9.62 Å². The van der Waals surface area contributed by atoms with Gasteiger partial charge in [-0.1, -0.05) is 110 Å². The highest BCUT2D eigenvalue weighted by atomic mass is 35.5. The van der Waals surface area contributed by atoms with E-state index in [1.165, 1.54) is 17.0 Å². The zero-order valence-electron chi connectivity index (χ0n) is 26.1. The van der Waals surface area contributed by atoms with E-state index in [0.29, 0.717) is 22.8 Å². The molecule has 1 N–H and O–H groups in total. The van der Waals surface area contributed by atoms with Gasteiger partial charge in [0.1, 0.15) is 12.6 Å². The van der Waals surface area contributed by atoms with Crippen LogP contribution >= 0.6 is 11.6 Å². The molecule has 0 bridgehead atoms. The quantitative estimate of drug-likeness (QED) is 0.178. The summed E-state index contributed by atoms with van der Waals surface area (Å²) in [5.74, 6) is -0.620. The summed E-state index contributed by atoms with van der Waals surface area (Å²) in [4.78, 5) is 30.0. The summed E-state index contributed by atoms with van der Waals surface area (Å²) in [7, 11) is -4.20. The molecule has 0 radical (unpaired) electrons. The van der Waals surface area contributed by atoms with Crippen LogP contribution in [0.4, 0.5) is 5.69 Å². The summed E-state index contributed by atoms with van der Waals surface area (Å²) in [6.07, 6.45) is 0.254. The maximum absolute atomic E-state index is 14.6. The van der Waals surface area contributed by atoms with Crippen molar-refractivity contribution in [3.8, 4) is 0 Å². The van der Waals surface area contributed by atoms with Crippen LogP contribution in [0.5, 0.6) is 0 Å². The van der Waals surface area contributed by atoms with Crippen LogP contribution in [0.15, 0.2) is 108 Å². The fourth-order valence-corrected chi connectivity index (χ4v) is 6.75. The van der Waals surface area contributed by atoms with Crippen molar-refractivity contribution in [2.75, 3.05) is 17.4 Å². The second-order valence-electron chi connectivity index (χ2n) is 11.6. The topological polar surface area (TPSA) is 86.8 Å². The Balaban J connectivity index is 1.82. The minimum absolute atomic E-state index is 0.0397. The Morgan fingerprint density at radius 2 is 1.44 bits per heavy atom. The van der Waals surface area contributed by atoms with Crippen molar-refractivity contribution in [3.63, 3.8) is 0 Å². The highest BCUT2D eigenvalue weighted by molar-refractivity contribution is 7.92. The average Bonchev–Trinajstić information content (AvgIpc) is 3.02. The number of sulfonamides is 1. The van der Waals surface area contributed by atoms with Crippen molar-refractivity contribution in [1.82, 2.24) is 10.2 Å². The summed E-state index contributed by atoms with van der Waals surface area (Å²) in [5.41, 5.74) is 3.52. The van der Waals surface area contributed by atoms with Gasteiger partial charge in [-0.3, -0.25) is 13.9 Å². The van der Waals surface area contributed by atoms with Gasteiger partial charge in [0, 0.05) is 24.5 Å². The molecule has 4 aromatic carbocycles. The molecule has 0 fully saturated rings. The molecular weight excluding hydrogens is 606 g/mol. The van der Waals surface area contributed by atoms with Gasteiger partial charge in [0.15, 0.2) is 0 Å². The van der Waals surface area contributed by atoms with E-state index in [2.05, 4.69) is 5.32 Å². The Bertz CT molecular complexity index is 1710. The second kappa shape index (κ2) is 15.2. The second-order valence-corrected chi connectivity index (χ2v) is 13.8. The van der Waals surface area contributed by atoms with E-state index < -0.39 is 28.5 Å². The van der Waals surface area contributed by atoms with Crippen LogP contribution in [0, 0.1) is 19.8 Å². The number of carbonyl (C=O) groups excluding carboxylic acids is 2. The Kier molecular flexibility index (Phi) is 11.4. The van der Waals surface area contributed by atoms with E-state index in [1.807, 2.05) is 75.4 Å². The smallest absolute Gasteiger partial charge is 0.264 e. The van der Waals surface area contributed by atoms with E-state index >= 15 is 0 Å². The van der Waals surface area contributed by atoms with Crippen LogP contribution in [0.3, 0.4) is 0 Å². The van der Waals surface area contributed by atoms with Crippen LogP contribution in [0.1, 0.15) is 36.1 Å². The lowest BCUT2D eigenvalue weighted by molar-refractivity contribution is -0.140.